The summed E-state index contributed by atoms with van der Waals surface area (Å²) in [5.74, 6) is 0.995. The van der Waals surface area contributed by atoms with Crippen molar-refractivity contribution in [2.24, 2.45) is 0 Å². The van der Waals surface area contributed by atoms with E-state index in [-0.39, 0.29) is 17.7 Å². The topological polar surface area (TPSA) is 72.3 Å². The molecule has 174 valence electrons. The maximum atomic E-state index is 12.8. The number of nitrogens with one attached hydrogen (secondary N) is 1. The van der Waals surface area contributed by atoms with Crippen LogP contribution in [-0.4, -0.2) is 52.7 Å². The number of benzene rings is 3. The molecule has 8 heteroatoms. The average Bonchev–Trinajstić information content (AvgIpc) is 3.32. The molecule has 0 saturated carbocycles. The first-order valence-electron chi connectivity index (χ1n) is 11.4. The monoisotopic (exact) mass is 473 g/mol. The Labute approximate surface area is 203 Å². The SMILES string of the molecule is CC(NC(=O)CSc1nnc(N2CCOCC2)n1-c1ccccc1)c1ccc2ccccc2c1. The zero-order chi connectivity index (χ0) is 23.3. The zero-order valence-corrected chi connectivity index (χ0v) is 19.9. The van der Waals surface area contributed by atoms with Gasteiger partial charge < -0.3 is 15.0 Å². The molecule has 5 rings (SSSR count). The molecule has 7 nitrogen and oxygen atoms in total. The van der Waals surface area contributed by atoms with Gasteiger partial charge in [0.1, 0.15) is 0 Å². The molecule has 1 saturated heterocycles. The van der Waals surface area contributed by atoms with E-state index in [0.29, 0.717) is 18.4 Å². The van der Waals surface area contributed by atoms with Crippen LogP contribution in [0.15, 0.2) is 78.0 Å². The highest BCUT2D eigenvalue weighted by Gasteiger charge is 2.22. The first kappa shape index (κ1) is 22.4. The van der Waals surface area contributed by atoms with Crippen LogP contribution in [0.4, 0.5) is 5.95 Å². The third kappa shape index (κ3) is 4.93. The van der Waals surface area contributed by atoms with Gasteiger partial charge in [-0.25, -0.2) is 0 Å². The summed E-state index contributed by atoms with van der Waals surface area (Å²) in [5, 5.41) is 15.1. The molecule has 1 unspecified atom stereocenters. The lowest BCUT2D eigenvalue weighted by molar-refractivity contribution is -0.119. The largest absolute Gasteiger partial charge is 0.378 e. The fraction of sp³-hybridized carbons (Fsp3) is 0.269. The minimum Gasteiger partial charge on any atom is -0.378 e. The van der Waals surface area contributed by atoms with Gasteiger partial charge in [-0.1, -0.05) is 66.4 Å². The van der Waals surface area contributed by atoms with Gasteiger partial charge in [0.2, 0.25) is 11.9 Å². The molecule has 0 radical (unpaired) electrons. The summed E-state index contributed by atoms with van der Waals surface area (Å²) in [6, 6.07) is 24.5. The standard InChI is InChI=1S/C26H27N5O2S/c1-19(21-12-11-20-7-5-6-8-22(20)17-21)27-24(32)18-34-26-29-28-25(30-13-15-33-16-14-30)31(26)23-9-3-2-4-10-23/h2-12,17,19H,13-16,18H2,1H3,(H,27,32). The molecule has 1 atom stereocenters. The molecule has 1 amide bonds. The van der Waals surface area contributed by atoms with Crippen molar-refractivity contribution >= 4 is 34.4 Å². The molecule has 1 aromatic heterocycles. The first-order chi connectivity index (χ1) is 16.7. The van der Waals surface area contributed by atoms with E-state index in [1.807, 2.05) is 54.0 Å². The van der Waals surface area contributed by atoms with Gasteiger partial charge >= 0.3 is 0 Å². The second-order valence-electron chi connectivity index (χ2n) is 8.24. The number of rotatable bonds is 7. The van der Waals surface area contributed by atoms with Gasteiger partial charge in [-0.15, -0.1) is 10.2 Å². The van der Waals surface area contributed by atoms with E-state index in [1.165, 1.54) is 22.5 Å². The van der Waals surface area contributed by atoms with Crippen molar-refractivity contribution < 1.29 is 9.53 Å². The lowest BCUT2D eigenvalue weighted by atomic mass is 10.0. The van der Waals surface area contributed by atoms with Gasteiger partial charge in [-0.05, 0) is 41.5 Å². The van der Waals surface area contributed by atoms with Crippen LogP contribution in [-0.2, 0) is 9.53 Å². The van der Waals surface area contributed by atoms with Crippen molar-refractivity contribution in [3.05, 3.63) is 78.4 Å². The van der Waals surface area contributed by atoms with Crippen LogP contribution < -0.4 is 10.2 Å². The lowest BCUT2D eigenvalue weighted by Crippen LogP contribution is -2.37. The summed E-state index contributed by atoms with van der Waals surface area (Å²) in [7, 11) is 0. The summed E-state index contributed by atoms with van der Waals surface area (Å²) in [6.07, 6.45) is 0. The smallest absolute Gasteiger partial charge is 0.232 e. The number of hydrogen-bond acceptors (Lipinski definition) is 6. The predicted molar refractivity (Wildman–Crippen MR) is 136 cm³/mol. The zero-order valence-electron chi connectivity index (χ0n) is 19.1. The second kappa shape index (κ2) is 10.3. The third-order valence-corrected chi connectivity index (χ3v) is 6.84. The molecule has 1 aliphatic rings. The Kier molecular flexibility index (Phi) is 6.78. The van der Waals surface area contributed by atoms with E-state index in [2.05, 4.69) is 50.7 Å². The fourth-order valence-corrected chi connectivity index (χ4v) is 4.86. The van der Waals surface area contributed by atoms with Gasteiger partial charge in [0.25, 0.3) is 0 Å². The van der Waals surface area contributed by atoms with Crippen molar-refractivity contribution in [3.63, 3.8) is 0 Å². The van der Waals surface area contributed by atoms with Crippen LogP contribution in [0.3, 0.4) is 0 Å². The highest BCUT2D eigenvalue weighted by Crippen LogP contribution is 2.27. The number of para-hydroxylation sites is 1. The summed E-state index contributed by atoms with van der Waals surface area (Å²) in [6.45, 7) is 4.87. The number of carbonyl (C=O) groups is 1. The van der Waals surface area contributed by atoms with Crippen LogP contribution in [0, 0.1) is 0 Å². The van der Waals surface area contributed by atoms with Crippen LogP contribution in [0.2, 0.25) is 0 Å². The molecular formula is C26H27N5O2S. The van der Waals surface area contributed by atoms with Gasteiger partial charge in [0.05, 0.1) is 30.7 Å². The number of nitrogens with zero attached hydrogens (tertiary/aromatic N) is 4. The molecule has 2 heterocycles. The molecule has 1 aliphatic heterocycles. The van der Waals surface area contributed by atoms with Gasteiger partial charge in [-0.2, -0.15) is 0 Å². The normalized spacial score (nSPS) is 14.8. The number of ether oxygens (including phenoxy) is 1. The number of amides is 1. The molecule has 0 bridgehead atoms. The van der Waals surface area contributed by atoms with Crippen molar-refractivity contribution in [1.82, 2.24) is 20.1 Å². The van der Waals surface area contributed by atoms with Crippen LogP contribution in [0.5, 0.6) is 0 Å². The Bertz CT molecular complexity index is 1270. The number of aromatic nitrogens is 3. The number of morpholine rings is 1. The molecule has 3 aromatic carbocycles. The second-order valence-corrected chi connectivity index (χ2v) is 9.18. The number of anilines is 1. The predicted octanol–water partition coefficient (Wildman–Crippen LogP) is 4.23. The molecule has 34 heavy (non-hydrogen) atoms. The van der Waals surface area contributed by atoms with E-state index < -0.39 is 0 Å². The van der Waals surface area contributed by atoms with Gasteiger partial charge in [0.15, 0.2) is 5.16 Å². The Balaban J connectivity index is 1.29. The van der Waals surface area contributed by atoms with Crippen LogP contribution in [0.1, 0.15) is 18.5 Å². The average molecular weight is 474 g/mol. The maximum Gasteiger partial charge on any atom is 0.232 e. The van der Waals surface area contributed by atoms with Crippen LogP contribution >= 0.6 is 11.8 Å². The van der Waals surface area contributed by atoms with E-state index in [1.54, 1.807) is 0 Å². The summed E-state index contributed by atoms with van der Waals surface area (Å²) >= 11 is 1.39. The Morgan fingerprint density at radius 3 is 2.53 bits per heavy atom. The first-order valence-corrected chi connectivity index (χ1v) is 12.4. The van der Waals surface area contributed by atoms with E-state index >= 15 is 0 Å². The highest BCUT2D eigenvalue weighted by atomic mass is 32.2. The van der Waals surface area contributed by atoms with Crippen LogP contribution in [0.25, 0.3) is 16.5 Å². The fourth-order valence-electron chi connectivity index (χ4n) is 4.10. The molecule has 0 spiro atoms. The number of carbonyl (C=O) groups excluding carboxylic acids is 1. The van der Waals surface area contributed by atoms with E-state index in [0.717, 1.165) is 30.3 Å². The quantitative estimate of drug-likeness (QED) is 0.405. The van der Waals surface area contributed by atoms with Crippen molar-refractivity contribution in [1.29, 1.82) is 0 Å². The molecule has 1 N–H and O–H groups in total. The van der Waals surface area contributed by atoms with Crippen molar-refractivity contribution in [3.8, 4) is 5.69 Å². The number of thioether (sulfide) groups is 1. The van der Waals surface area contributed by atoms with Crippen molar-refractivity contribution in [2.75, 3.05) is 37.0 Å². The summed E-state index contributed by atoms with van der Waals surface area (Å²) in [5.41, 5.74) is 2.06. The molecule has 4 aromatic rings. The lowest BCUT2D eigenvalue weighted by Gasteiger charge is -2.27. The van der Waals surface area contributed by atoms with Gasteiger partial charge in [-0.3, -0.25) is 9.36 Å². The van der Waals surface area contributed by atoms with Crippen molar-refractivity contribution in [2.45, 2.75) is 18.1 Å². The Hall–Kier alpha value is -3.36. The minimum absolute atomic E-state index is 0.0406. The minimum atomic E-state index is -0.0892. The van der Waals surface area contributed by atoms with E-state index in [4.69, 9.17) is 4.74 Å². The number of hydrogen-bond donors (Lipinski definition) is 1. The van der Waals surface area contributed by atoms with E-state index in [9.17, 15) is 4.79 Å². The molecular weight excluding hydrogens is 446 g/mol. The highest BCUT2D eigenvalue weighted by molar-refractivity contribution is 7.99. The third-order valence-electron chi connectivity index (χ3n) is 5.91. The maximum absolute atomic E-state index is 12.8. The summed E-state index contributed by atoms with van der Waals surface area (Å²) < 4.78 is 7.52. The molecule has 1 fully saturated rings. The Morgan fingerprint density at radius 2 is 1.74 bits per heavy atom. The van der Waals surface area contributed by atoms with Gasteiger partial charge in [0, 0.05) is 13.1 Å². The molecule has 0 aliphatic carbocycles. The number of fused-ring (bicyclic) bond motifs is 1. The summed E-state index contributed by atoms with van der Waals surface area (Å²) in [4.78, 5) is 15.0. The Morgan fingerprint density at radius 1 is 1.00 bits per heavy atom.